The molecule has 70 valence electrons. The number of likely N-dealkylation sites (tertiary alicyclic amines) is 1. The Bertz CT molecular complexity index is 159. The lowest BCUT2D eigenvalue weighted by Gasteiger charge is -2.17. The summed E-state index contributed by atoms with van der Waals surface area (Å²) in [4.78, 5) is 13.3. The van der Waals surface area contributed by atoms with Crippen LogP contribution in [0, 0.1) is 0 Å². The van der Waals surface area contributed by atoms with E-state index >= 15 is 0 Å². The predicted molar refractivity (Wildman–Crippen MR) is 46.9 cm³/mol. The number of hydrogen-bond donors (Lipinski definition) is 0. The van der Waals surface area contributed by atoms with Gasteiger partial charge in [-0.25, -0.2) is 0 Å². The highest BCUT2D eigenvalue weighted by Gasteiger charge is 2.23. The quantitative estimate of drug-likeness (QED) is 0.594. The number of carbonyl (C=O) groups is 1. The van der Waals surface area contributed by atoms with Crippen molar-refractivity contribution in [2.24, 2.45) is 0 Å². The van der Waals surface area contributed by atoms with Gasteiger partial charge in [0.05, 0.1) is 13.0 Å². The predicted octanol–water partition coefficient (Wildman–Crippen LogP) is 1.03. The van der Waals surface area contributed by atoms with E-state index in [9.17, 15) is 4.79 Å². The second-order valence-electron chi connectivity index (χ2n) is 3.29. The van der Waals surface area contributed by atoms with Crippen LogP contribution in [0.3, 0.4) is 0 Å². The summed E-state index contributed by atoms with van der Waals surface area (Å²) in [5.74, 6) is -0.0590. The van der Waals surface area contributed by atoms with Gasteiger partial charge in [-0.2, -0.15) is 0 Å². The molecule has 0 saturated carbocycles. The molecule has 1 saturated heterocycles. The minimum Gasteiger partial charge on any atom is -0.466 e. The molecule has 0 aromatic heterocycles. The smallest absolute Gasteiger partial charge is 0.307 e. The van der Waals surface area contributed by atoms with E-state index in [4.69, 9.17) is 4.74 Å². The fourth-order valence-corrected chi connectivity index (χ4v) is 1.65. The van der Waals surface area contributed by atoms with E-state index in [1.165, 1.54) is 6.42 Å². The average Bonchev–Trinajstić information content (AvgIpc) is 2.37. The molecular weight excluding hydrogens is 154 g/mol. The van der Waals surface area contributed by atoms with Gasteiger partial charge in [-0.15, -0.1) is 0 Å². The molecule has 3 heteroatoms. The molecule has 0 aliphatic carbocycles. The maximum atomic E-state index is 11.1. The molecule has 0 N–H and O–H groups in total. The standard InChI is InChI=1S/C9H17NO2/c1-3-12-9(11)7-8-5-4-6-10(8)2/h8H,3-7H2,1-2H3. The lowest BCUT2D eigenvalue weighted by molar-refractivity contribution is -0.144. The van der Waals surface area contributed by atoms with Gasteiger partial charge >= 0.3 is 5.97 Å². The summed E-state index contributed by atoms with van der Waals surface area (Å²) in [6, 6.07) is 0.420. The average molecular weight is 171 g/mol. The SMILES string of the molecule is CCOC(=O)CC1CCCN1C. The molecule has 1 fully saturated rings. The van der Waals surface area contributed by atoms with Crippen molar-refractivity contribution in [1.82, 2.24) is 4.90 Å². The molecule has 1 unspecified atom stereocenters. The van der Waals surface area contributed by atoms with E-state index in [2.05, 4.69) is 11.9 Å². The highest BCUT2D eigenvalue weighted by Crippen LogP contribution is 2.17. The summed E-state index contributed by atoms with van der Waals surface area (Å²) >= 11 is 0. The van der Waals surface area contributed by atoms with E-state index in [0.717, 1.165) is 13.0 Å². The molecule has 0 radical (unpaired) electrons. The van der Waals surface area contributed by atoms with Crippen LogP contribution in [0.2, 0.25) is 0 Å². The second-order valence-corrected chi connectivity index (χ2v) is 3.29. The Morgan fingerprint density at radius 2 is 2.42 bits per heavy atom. The summed E-state index contributed by atoms with van der Waals surface area (Å²) in [5.41, 5.74) is 0. The van der Waals surface area contributed by atoms with Gasteiger partial charge in [0.2, 0.25) is 0 Å². The minimum atomic E-state index is -0.0590. The Morgan fingerprint density at radius 3 is 2.92 bits per heavy atom. The molecule has 1 atom stereocenters. The van der Waals surface area contributed by atoms with E-state index in [-0.39, 0.29) is 5.97 Å². The molecule has 1 aliphatic rings. The summed E-state index contributed by atoms with van der Waals surface area (Å²) in [6.07, 6.45) is 2.90. The number of nitrogens with zero attached hydrogens (tertiary/aromatic N) is 1. The third-order valence-corrected chi connectivity index (χ3v) is 2.38. The van der Waals surface area contributed by atoms with E-state index in [0.29, 0.717) is 19.1 Å². The van der Waals surface area contributed by atoms with Crippen molar-refractivity contribution < 1.29 is 9.53 Å². The van der Waals surface area contributed by atoms with Crippen LogP contribution in [0.1, 0.15) is 26.2 Å². The zero-order chi connectivity index (χ0) is 8.97. The van der Waals surface area contributed by atoms with Crippen molar-refractivity contribution in [3.05, 3.63) is 0 Å². The van der Waals surface area contributed by atoms with Crippen LogP contribution in [-0.4, -0.2) is 37.1 Å². The highest BCUT2D eigenvalue weighted by molar-refractivity contribution is 5.70. The van der Waals surface area contributed by atoms with Crippen LogP contribution in [0.4, 0.5) is 0 Å². The molecule has 0 aromatic carbocycles. The Balaban J connectivity index is 2.25. The van der Waals surface area contributed by atoms with Gasteiger partial charge in [-0.1, -0.05) is 0 Å². The fraction of sp³-hybridized carbons (Fsp3) is 0.889. The Kier molecular flexibility index (Phi) is 3.53. The van der Waals surface area contributed by atoms with Crippen LogP contribution in [-0.2, 0) is 9.53 Å². The molecule has 0 spiro atoms. The topological polar surface area (TPSA) is 29.5 Å². The highest BCUT2D eigenvalue weighted by atomic mass is 16.5. The van der Waals surface area contributed by atoms with Crippen LogP contribution in [0.25, 0.3) is 0 Å². The largest absolute Gasteiger partial charge is 0.466 e. The number of rotatable bonds is 3. The van der Waals surface area contributed by atoms with Crippen LogP contribution in [0.5, 0.6) is 0 Å². The minimum absolute atomic E-state index is 0.0590. The lowest BCUT2D eigenvalue weighted by atomic mass is 10.1. The summed E-state index contributed by atoms with van der Waals surface area (Å²) < 4.78 is 4.89. The normalized spacial score (nSPS) is 24.3. The second kappa shape index (κ2) is 4.45. The zero-order valence-electron chi connectivity index (χ0n) is 7.88. The first-order chi connectivity index (χ1) is 5.74. The Hall–Kier alpha value is -0.570. The number of carbonyl (C=O) groups excluding carboxylic acids is 1. The summed E-state index contributed by atoms with van der Waals surface area (Å²) in [6.45, 7) is 3.45. The fourth-order valence-electron chi connectivity index (χ4n) is 1.65. The Morgan fingerprint density at radius 1 is 1.67 bits per heavy atom. The van der Waals surface area contributed by atoms with Gasteiger partial charge in [0.15, 0.2) is 0 Å². The van der Waals surface area contributed by atoms with Gasteiger partial charge in [0.25, 0.3) is 0 Å². The van der Waals surface area contributed by atoms with E-state index in [1.807, 2.05) is 6.92 Å². The molecule has 0 amide bonds. The molecule has 1 rings (SSSR count). The molecule has 1 heterocycles. The third-order valence-electron chi connectivity index (χ3n) is 2.38. The van der Waals surface area contributed by atoms with Crippen molar-refractivity contribution in [3.8, 4) is 0 Å². The number of hydrogen-bond acceptors (Lipinski definition) is 3. The van der Waals surface area contributed by atoms with Crippen molar-refractivity contribution >= 4 is 5.97 Å². The van der Waals surface area contributed by atoms with Gasteiger partial charge < -0.3 is 9.64 Å². The maximum absolute atomic E-state index is 11.1. The molecule has 0 bridgehead atoms. The Labute approximate surface area is 73.7 Å². The van der Waals surface area contributed by atoms with Gasteiger partial charge in [0.1, 0.15) is 0 Å². The molecule has 3 nitrogen and oxygen atoms in total. The molecule has 12 heavy (non-hydrogen) atoms. The van der Waals surface area contributed by atoms with Gasteiger partial charge in [0, 0.05) is 6.04 Å². The lowest BCUT2D eigenvalue weighted by Crippen LogP contribution is -2.28. The molecular formula is C9H17NO2. The van der Waals surface area contributed by atoms with Crippen molar-refractivity contribution in [2.45, 2.75) is 32.2 Å². The van der Waals surface area contributed by atoms with Gasteiger partial charge in [-0.05, 0) is 33.4 Å². The first-order valence-electron chi connectivity index (χ1n) is 4.60. The van der Waals surface area contributed by atoms with Gasteiger partial charge in [-0.3, -0.25) is 4.79 Å². The molecule has 1 aliphatic heterocycles. The summed E-state index contributed by atoms with van der Waals surface area (Å²) in [7, 11) is 2.07. The van der Waals surface area contributed by atoms with Crippen molar-refractivity contribution in [3.63, 3.8) is 0 Å². The zero-order valence-corrected chi connectivity index (χ0v) is 7.88. The van der Waals surface area contributed by atoms with Crippen molar-refractivity contribution in [1.29, 1.82) is 0 Å². The maximum Gasteiger partial charge on any atom is 0.307 e. The monoisotopic (exact) mass is 171 g/mol. The number of ether oxygens (including phenoxy) is 1. The summed E-state index contributed by atoms with van der Waals surface area (Å²) in [5, 5.41) is 0. The first kappa shape index (κ1) is 9.52. The molecule has 0 aromatic rings. The van der Waals surface area contributed by atoms with Crippen LogP contribution >= 0.6 is 0 Å². The van der Waals surface area contributed by atoms with Crippen LogP contribution in [0.15, 0.2) is 0 Å². The van der Waals surface area contributed by atoms with E-state index in [1.54, 1.807) is 0 Å². The first-order valence-corrected chi connectivity index (χ1v) is 4.60. The van der Waals surface area contributed by atoms with Crippen molar-refractivity contribution in [2.75, 3.05) is 20.2 Å². The van der Waals surface area contributed by atoms with E-state index < -0.39 is 0 Å². The third kappa shape index (κ3) is 2.48. The number of esters is 1. The van der Waals surface area contributed by atoms with Crippen LogP contribution < -0.4 is 0 Å².